The van der Waals surface area contributed by atoms with Crippen molar-refractivity contribution in [2.75, 3.05) is 19.8 Å². The third-order valence-corrected chi connectivity index (χ3v) is 3.46. The molecular formula is C16H23NO3. The number of carbonyl (C=O) groups is 1. The number of hydrogen-bond donors (Lipinski definition) is 1. The van der Waals surface area contributed by atoms with Gasteiger partial charge in [0.2, 0.25) is 5.91 Å². The van der Waals surface area contributed by atoms with Gasteiger partial charge in [-0.1, -0.05) is 31.2 Å². The van der Waals surface area contributed by atoms with Gasteiger partial charge in [-0.3, -0.25) is 4.79 Å². The lowest BCUT2D eigenvalue weighted by Crippen LogP contribution is -2.27. The molecule has 1 N–H and O–H groups in total. The first-order chi connectivity index (χ1) is 9.78. The first kappa shape index (κ1) is 15.0. The summed E-state index contributed by atoms with van der Waals surface area (Å²) in [6.45, 7) is 4.07. The second kappa shape index (κ2) is 8.02. The summed E-state index contributed by atoms with van der Waals surface area (Å²) in [5.74, 6) is 0.0857. The average Bonchev–Trinajstić information content (AvgIpc) is 2.99. The van der Waals surface area contributed by atoms with Crippen LogP contribution in [0.15, 0.2) is 24.3 Å². The highest BCUT2D eigenvalue weighted by Gasteiger charge is 2.15. The van der Waals surface area contributed by atoms with Crippen LogP contribution in [0.25, 0.3) is 0 Å². The highest BCUT2D eigenvalue weighted by Crippen LogP contribution is 2.08. The molecule has 0 unspecified atom stereocenters. The molecule has 0 aromatic heterocycles. The zero-order valence-electron chi connectivity index (χ0n) is 12.1. The molecule has 1 heterocycles. The van der Waals surface area contributed by atoms with Gasteiger partial charge < -0.3 is 14.8 Å². The van der Waals surface area contributed by atoms with Crippen molar-refractivity contribution >= 4 is 5.91 Å². The van der Waals surface area contributed by atoms with Crippen LogP contribution in [0.2, 0.25) is 0 Å². The SMILES string of the molecule is CCc1ccc(CCC(=O)NCCC2OCCO2)cc1. The molecule has 1 fully saturated rings. The van der Waals surface area contributed by atoms with E-state index in [-0.39, 0.29) is 12.2 Å². The van der Waals surface area contributed by atoms with Crippen molar-refractivity contribution < 1.29 is 14.3 Å². The standard InChI is InChI=1S/C16H23NO3/c1-2-13-3-5-14(6-4-13)7-8-15(18)17-10-9-16-19-11-12-20-16/h3-6,16H,2,7-12H2,1H3,(H,17,18). The van der Waals surface area contributed by atoms with Gasteiger partial charge in [0.1, 0.15) is 0 Å². The van der Waals surface area contributed by atoms with E-state index in [4.69, 9.17) is 9.47 Å². The number of nitrogens with one attached hydrogen (secondary N) is 1. The van der Waals surface area contributed by atoms with Gasteiger partial charge >= 0.3 is 0 Å². The van der Waals surface area contributed by atoms with E-state index in [1.165, 1.54) is 11.1 Å². The van der Waals surface area contributed by atoms with Gasteiger partial charge in [0.15, 0.2) is 6.29 Å². The normalized spacial score (nSPS) is 15.4. The van der Waals surface area contributed by atoms with E-state index in [2.05, 4.69) is 36.5 Å². The molecule has 1 amide bonds. The second-order valence-corrected chi connectivity index (χ2v) is 4.98. The molecule has 0 saturated carbocycles. The van der Waals surface area contributed by atoms with Gasteiger partial charge in [0.05, 0.1) is 13.2 Å². The molecule has 0 aliphatic carbocycles. The molecule has 0 spiro atoms. The number of ether oxygens (including phenoxy) is 2. The molecule has 4 nitrogen and oxygen atoms in total. The lowest BCUT2D eigenvalue weighted by molar-refractivity contribution is -0.121. The third-order valence-electron chi connectivity index (χ3n) is 3.46. The number of hydrogen-bond acceptors (Lipinski definition) is 3. The van der Waals surface area contributed by atoms with Crippen molar-refractivity contribution in [3.8, 4) is 0 Å². The van der Waals surface area contributed by atoms with E-state index in [0.29, 0.717) is 26.2 Å². The van der Waals surface area contributed by atoms with Crippen molar-refractivity contribution in [2.24, 2.45) is 0 Å². The van der Waals surface area contributed by atoms with E-state index in [0.717, 1.165) is 19.3 Å². The molecule has 1 aliphatic rings. The summed E-state index contributed by atoms with van der Waals surface area (Å²) in [4.78, 5) is 11.7. The number of rotatable bonds is 7. The van der Waals surface area contributed by atoms with Gasteiger partial charge in [0.25, 0.3) is 0 Å². The maximum atomic E-state index is 11.7. The van der Waals surface area contributed by atoms with Gasteiger partial charge in [-0.15, -0.1) is 0 Å². The minimum atomic E-state index is -0.142. The zero-order valence-corrected chi connectivity index (χ0v) is 12.1. The minimum absolute atomic E-state index is 0.0857. The topological polar surface area (TPSA) is 47.6 Å². The number of amides is 1. The lowest BCUT2D eigenvalue weighted by atomic mass is 10.1. The Morgan fingerprint density at radius 1 is 1.20 bits per heavy atom. The van der Waals surface area contributed by atoms with E-state index in [1.807, 2.05) is 0 Å². The summed E-state index contributed by atoms with van der Waals surface area (Å²) in [7, 11) is 0. The quantitative estimate of drug-likeness (QED) is 0.830. The fraction of sp³-hybridized carbons (Fsp3) is 0.562. The Kier molecular flexibility index (Phi) is 6.02. The molecule has 0 atom stereocenters. The van der Waals surface area contributed by atoms with E-state index in [9.17, 15) is 4.79 Å². The Morgan fingerprint density at radius 2 is 1.85 bits per heavy atom. The largest absolute Gasteiger partial charge is 0.356 e. The Labute approximate surface area is 120 Å². The molecule has 0 bridgehead atoms. The summed E-state index contributed by atoms with van der Waals surface area (Å²) >= 11 is 0. The van der Waals surface area contributed by atoms with Crippen LogP contribution in [-0.2, 0) is 27.1 Å². The van der Waals surface area contributed by atoms with E-state index in [1.54, 1.807) is 0 Å². The summed E-state index contributed by atoms with van der Waals surface area (Å²) < 4.78 is 10.6. The maximum Gasteiger partial charge on any atom is 0.220 e. The Hall–Kier alpha value is -1.39. The molecule has 1 aliphatic heterocycles. The fourth-order valence-corrected chi connectivity index (χ4v) is 2.19. The predicted molar refractivity (Wildman–Crippen MR) is 77.5 cm³/mol. The van der Waals surface area contributed by atoms with Crippen LogP contribution >= 0.6 is 0 Å². The Bertz CT molecular complexity index is 410. The fourth-order valence-electron chi connectivity index (χ4n) is 2.19. The van der Waals surface area contributed by atoms with E-state index < -0.39 is 0 Å². The average molecular weight is 277 g/mol. The van der Waals surface area contributed by atoms with Crippen molar-refractivity contribution in [3.63, 3.8) is 0 Å². The van der Waals surface area contributed by atoms with Crippen LogP contribution in [0.5, 0.6) is 0 Å². The molecule has 1 aromatic rings. The smallest absolute Gasteiger partial charge is 0.220 e. The summed E-state index contributed by atoms with van der Waals surface area (Å²) in [5, 5.41) is 2.90. The van der Waals surface area contributed by atoms with Crippen molar-refractivity contribution in [3.05, 3.63) is 35.4 Å². The summed E-state index contributed by atoms with van der Waals surface area (Å²) in [5.41, 5.74) is 2.54. The van der Waals surface area contributed by atoms with Crippen LogP contribution < -0.4 is 5.32 Å². The highest BCUT2D eigenvalue weighted by atomic mass is 16.7. The third kappa shape index (κ3) is 4.94. The minimum Gasteiger partial charge on any atom is -0.356 e. The van der Waals surface area contributed by atoms with Crippen LogP contribution in [0, 0.1) is 0 Å². The van der Waals surface area contributed by atoms with Crippen LogP contribution in [0.1, 0.15) is 30.9 Å². The molecule has 1 aromatic carbocycles. The van der Waals surface area contributed by atoms with Crippen LogP contribution in [0.4, 0.5) is 0 Å². The Balaban J connectivity index is 1.61. The van der Waals surface area contributed by atoms with Crippen molar-refractivity contribution in [1.29, 1.82) is 0 Å². The second-order valence-electron chi connectivity index (χ2n) is 4.98. The van der Waals surface area contributed by atoms with Gasteiger partial charge in [0, 0.05) is 19.4 Å². The molecule has 2 rings (SSSR count). The first-order valence-electron chi connectivity index (χ1n) is 7.35. The molecule has 20 heavy (non-hydrogen) atoms. The highest BCUT2D eigenvalue weighted by molar-refractivity contribution is 5.76. The maximum absolute atomic E-state index is 11.7. The van der Waals surface area contributed by atoms with Gasteiger partial charge in [-0.05, 0) is 24.0 Å². The molecule has 0 radical (unpaired) electrons. The molecular weight excluding hydrogens is 254 g/mol. The number of aryl methyl sites for hydroxylation is 2. The molecule has 1 saturated heterocycles. The summed E-state index contributed by atoms with van der Waals surface area (Å²) in [6.07, 6.45) is 2.93. The van der Waals surface area contributed by atoms with E-state index >= 15 is 0 Å². The summed E-state index contributed by atoms with van der Waals surface area (Å²) in [6, 6.07) is 8.46. The molecule has 110 valence electrons. The van der Waals surface area contributed by atoms with Crippen LogP contribution in [0.3, 0.4) is 0 Å². The van der Waals surface area contributed by atoms with Crippen molar-refractivity contribution in [2.45, 2.75) is 38.9 Å². The lowest BCUT2D eigenvalue weighted by Gasteiger charge is -2.09. The van der Waals surface area contributed by atoms with Crippen LogP contribution in [-0.4, -0.2) is 32.0 Å². The Morgan fingerprint density at radius 3 is 2.50 bits per heavy atom. The number of carbonyl (C=O) groups excluding carboxylic acids is 1. The number of benzene rings is 1. The van der Waals surface area contributed by atoms with Gasteiger partial charge in [-0.25, -0.2) is 0 Å². The molecule has 4 heteroatoms. The predicted octanol–water partition coefficient (Wildman–Crippen LogP) is 2.06. The van der Waals surface area contributed by atoms with Crippen molar-refractivity contribution in [1.82, 2.24) is 5.32 Å². The monoisotopic (exact) mass is 277 g/mol. The first-order valence-corrected chi connectivity index (χ1v) is 7.35. The zero-order chi connectivity index (χ0) is 14.2. The van der Waals surface area contributed by atoms with Gasteiger partial charge in [-0.2, -0.15) is 0 Å².